The Balaban J connectivity index is 2.08. The number of ether oxygens (including phenoxy) is 1. The molecule has 0 spiro atoms. The number of carboxylic acid groups (broad SMARTS) is 1. The molecule has 2 unspecified atom stereocenters. The predicted octanol–water partition coefficient (Wildman–Crippen LogP) is 2.20. The summed E-state index contributed by atoms with van der Waals surface area (Å²) >= 11 is 0. The van der Waals surface area contributed by atoms with Crippen LogP contribution in [0.2, 0.25) is 0 Å². The van der Waals surface area contributed by atoms with Gasteiger partial charge < -0.3 is 14.7 Å². The Labute approximate surface area is 130 Å². The minimum Gasteiger partial charge on any atom is -0.481 e. The molecule has 1 aromatic heterocycles. The number of rotatable bonds is 5. The summed E-state index contributed by atoms with van der Waals surface area (Å²) in [7, 11) is 0. The zero-order valence-electron chi connectivity index (χ0n) is 13.0. The molecular weight excluding hydrogens is 284 g/mol. The second-order valence-electron chi connectivity index (χ2n) is 5.65. The van der Waals surface area contributed by atoms with Crippen LogP contribution in [0, 0.1) is 5.92 Å². The van der Waals surface area contributed by atoms with Gasteiger partial charge in [-0.1, -0.05) is 6.92 Å². The molecule has 2 heterocycles. The van der Waals surface area contributed by atoms with E-state index in [2.05, 4.69) is 4.98 Å². The number of aromatic nitrogens is 1. The van der Waals surface area contributed by atoms with Crippen LogP contribution < -0.4 is 4.74 Å². The summed E-state index contributed by atoms with van der Waals surface area (Å²) in [6.07, 6.45) is 3.77. The SMILES string of the molecule is CCC(C)Oc1cc(C(=O)N2CCCC(C(=O)O)C2)ccn1. The maximum atomic E-state index is 12.5. The molecule has 2 atom stereocenters. The van der Waals surface area contributed by atoms with Gasteiger partial charge in [-0.25, -0.2) is 4.98 Å². The molecule has 1 saturated heterocycles. The summed E-state index contributed by atoms with van der Waals surface area (Å²) in [6.45, 7) is 4.81. The highest BCUT2D eigenvalue weighted by Gasteiger charge is 2.28. The van der Waals surface area contributed by atoms with Crippen molar-refractivity contribution in [2.75, 3.05) is 13.1 Å². The van der Waals surface area contributed by atoms with E-state index >= 15 is 0 Å². The summed E-state index contributed by atoms with van der Waals surface area (Å²) in [4.78, 5) is 29.3. The Bertz CT molecular complexity index is 547. The zero-order chi connectivity index (χ0) is 16.1. The van der Waals surface area contributed by atoms with Gasteiger partial charge >= 0.3 is 5.97 Å². The lowest BCUT2D eigenvalue weighted by Gasteiger charge is -2.30. The van der Waals surface area contributed by atoms with E-state index in [1.54, 1.807) is 23.2 Å². The first-order valence-electron chi connectivity index (χ1n) is 7.66. The molecule has 0 saturated carbocycles. The average Bonchev–Trinajstić information content (AvgIpc) is 2.54. The summed E-state index contributed by atoms with van der Waals surface area (Å²) in [5.74, 6) is -1.06. The third kappa shape index (κ3) is 3.96. The molecule has 1 aliphatic heterocycles. The molecule has 0 bridgehead atoms. The van der Waals surface area contributed by atoms with Crippen LogP contribution >= 0.6 is 0 Å². The topological polar surface area (TPSA) is 79.7 Å². The lowest BCUT2D eigenvalue weighted by Crippen LogP contribution is -2.42. The van der Waals surface area contributed by atoms with E-state index in [-0.39, 0.29) is 18.6 Å². The molecule has 0 aliphatic carbocycles. The van der Waals surface area contributed by atoms with Crippen molar-refractivity contribution in [2.45, 2.75) is 39.2 Å². The van der Waals surface area contributed by atoms with Crippen LogP contribution in [0.5, 0.6) is 5.88 Å². The monoisotopic (exact) mass is 306 g/mol. The molecule has 6 heteroatoms. The normalized spacial score (nSPS) is 19.5. The van der Waals surface area contributed by atoms with E-state index in [4.69, 9.17) is 9.84 Å². The van der Waals surface area contributed by atoms with Gasteiger partial charge in [0.1, 0.15) is 0 Å². The van der Waals surface area contributed by atoms with Crippen molar-refractivity contribution in [1.29, 1.82) is 0 Å². The predicted molar refractivity (Wildman–Crippen MR) is 80.9 cm³/mol. The summed E-state index contributed by atoms with van der Waals surface area (Å²) in [5, 5.41) is 9.11. The molecule has 22 heavy (non-hydrogen) atoms. The molecule has 1 fully saturated rings. The van der Waals surface area contributed by atoms with Gasteiger partial charge in [0.05, 0.1) is 12.0 Å². The minimum atomic E-state index is -0.840. The number of pyridine rings is 1. The lowest BCUT2D eigenvalue weighted by atomic mass is 9.98. The highest BCUT2D eigenvalue weighted by atomic mass is 16.5. The lowest BCUT2D eigenvalue weighted by molar-refractivity contribution is -0.143. The number of carboxylic acids is 1. The maximum Gasteiger partial charge on any atom is 0.308 e. The van der Waals surface area contributed by atoms with Crippen LogP contribution in [0.15, 0.2) is 18.3 Å². The first-order valence-corrected chi connectivity index (χ1v) is 7.66. The quantitative estimate of drug-likeness (QED) is 0.902. The van der Waals surface area contributed by atoms with E-state index in [9.17, 15) is 9.59 Å². The molecule has 2 rings (SSSR count). The minimum absolute atomic E-state index is 0.0317. The second-order valence-corrected chi connectivity index (χ2v) is 5.65. The third-order valence-electron chi connectivity index (χ3n) is 3.94. The number of carbonyl (C=O) groups excluding carboxylic acids is 1. The van der Waals surface area contributed by atoms with Crippen molar-refractivity contribution >= 4 is 11.9 Å². The largest absolute Gasteiger partial charge is 0.481 e. The number of hydrogen-bond donors (Lipinski definition) is 1. The van der Waals surface area contributed by atoms with Crippen LogP contribution in [0.1, 0.15) is 43.5 Å². The van der Waals surface area contributed by atoms with Crippen molar-refractivity contribution in [3.8, 4) is 5.88 Å². The van der Waals surface area contributed by atoms with Gasteiger partial charge in [-0.05, 0) is 32.3 Å². The summed E-state index contributed by atoms with van der Waals surface area (Å²) in [5.41, 5.74) is 0.486. The fourth-order valence-electron chi connectivity index (χ4n) is 2.44. The first-order chi connectivity index (χ1) is 10.5. The molecule has 1 aromatic rings. The van der Waals surface area contributed by atoms with Gasteiger partial charge in [-0.15, -0.1) is 0 Å². The Morgan fingerprint density at radius 2 is 2.32 bits per heavy atom. The van der Waals surface area contributed by atoms with E-state index in [0.717, 1.165) is 6.42 Å². The molecular formula is C16H22N2O4. The molecule has 1 amide bonds. The first kappa shape index (κ1) is 16.3. The van der Waals surface area contributed by atoms with E-state index in [1.165, 1.54) is 0 Å². The highest BCUT2D eigenvalue weighted by molar-refractivity contribution is 5.94. The third-order valence-corrected chi connectivity index (χ3v) is 3.94. The Morgan fingerprint density at radius 3 is 3.00 bits per heavy atom. The molecule has 1 aliphatic rings. The van der Waals surface area contributed by atoms with Gasteiger partial charge in [-0.3, -0.25) is 9.59 Å². The number of carbonyl (C=O) groups is 2. The second kappa shape index (κ2) is 7.24. The molecule has 0 radical (unpaired) electrons. The van der Waals surface area contributed by atoms with Gasteiger partial charge in [0.25, 0.3) is 5.91 Å². The van der Waals surface area contributed by atoms with Crippen molar-refractivity contribution in [2.24, 2.45) is 5.92 Å². The number of piperidine rings is 1. The van der Waals surface area contributed by atoms with E-state index in [1.807, 2.05) is 13.8 Å². The number of hydrogen-bond acceptors (Lipinski definition) is 4. The molecule has 120 valence electrons. The van der Waals surface area contributed by atoms with Gasteiger partial charge in [0.2, 0.25) is 5.88 Å². The van der Waals surface area contributed by atoms with Crippen molar-refractivity contribution in [3.05, 3.63) is 23.9 Å². The van der Waals surface area contributed by atoms with Crippen molar-refractivity contribution in [1.82, 2.24) is 9.88 Å². The van der Waals surface area contributed by atoms with Gasteiger partial charge in [0, 0.05) is 30.9 Å². The van der Waals surface area contributed by atoms with Crippen LogP contribution in [-0.2, 0) is 4.79 Å². The number of amides is 1. The molecule has 6 nitrogen and oxygen atoms in total. The fourth-order valence-corrected chi connectivity index (χ4v) is 2.44. The van der Waals surface area contributed by atoms with Crippen LogP contribution in [0.4, 0.5) is 0 Å². The smallest absolute Gasteiger partial charge is 0.308 e. The van der Waals surface area contributed by atoms with E-state index in [0.29, 0.717) is 30.8 Å². The summed E-state index contributed by atoms with van der Waals surface area (Å²) < 4.78 is 5.63. The molecule has 0 aromatic carbocycles. The van der Waals surface area contributed by atoms with Gasteiger partial charge in [0.15, 0.2) is 0 Å². The van der Waals surface area contributed by atoms with Crippen LogP contribution in [-0.4, -0.2) is 46.1 Å². The van der Waals surface area contributed by atoms with Gasteiger partial charge in [-0.2, -0.15) is 0 Å². The number of likely N-dealkylation sites (tertiary alicyclic amines) is 1. The number of aliphatic carboxylic acids is 1. The van der Waals surface area contributed by atoms with Crippen molar-refractivity contribution in [3.63, 3.8) is 0 Å². The molecule has 1 N–H and O–H groups in total. The fraction of sp³-hybridized carbons (Fsp3) is 0.562. The number of nitrogens with zero attached hydrogens (tertiary/aromatic N) is 2. The summed E-state index contributed by atoms with van der Waals surface area (Å²) in [6, 6.07) is 3.26. The average molecular weight is 306 g/mol. The van der Waals surface area contributed by atoms with Crippen molar-refractivity contribution < 1.29 is 19.4 Å². The Hall–Kier alpha value is -2.11. The highest BCUT2D eigenvalue weighted by Crippen LogP contribution is 2.20. The zero-order valence-corrected chi connectivity index (χ0v) is 13.0. The maximum absolute atomic E-state index is 12.5. The Morgan fingerprint density at radius 1 is 1.55 bits per heavy atom. The Kier molecular flexibility index (Phi) is 5.35. The van der Waals surface area contributed by atoms with Crippen LogP contribution in [0.25, 0.3) is 0 Å². The van der Waals surface area contributed by atoms with Crippen LogP contribution in [0.3, 0.4) is 0 Å². The standard InChI is InChI=1S/C16H22N2O4/c1-3-11(2)22-14-9-12(6-7-17-14)15(19)18-8-4-5-13(10-18)16(20)21/h6-7,9,11,13H,3-5,8,10H2,1-2H3,(H,20,21). The van der Waals surface area contributed by atoms with E-state index < -0.39 is 11.9 Å².